The Balaban J connectivity index is 2.16. The van der Waals surface area contributed by atoms with Crippen LogP contribution in [0, 0.1) is 0 Å². The van der Waals surface area contributed by atoms with E-state index in [0.717, 1.165) is 4.88 Å². The van der Waals surface area contributed by atoms with Crippen molar-refractivity contribution < 1.29 is 17.9 Å². The number of alkyl halides is 3. The van der Waals surface area contributed by atoms with Crippen LogP contribution in [0.25, 0.3) is 0 Å². The zero-order valence-corrected chi connectivity index (χ0v) is 8.99. The van der Waals surface area contributed by atoms with Crippen LogP contribution in [0.15, 0.2) is 17.5 Å². The molecule has 0 amide bonds. The molecule has 1 atom stereocenters. The zero-order valence-electron chi connectivity index (χ0n) is 8.17. The van der Waals surface area contributed by atoms with Gasteiger partial charge in [0.05, 0.1) is 6.61 Å². The van der Waals surface area contributed by atoms with Gasteiger partial charge in [-0.15, -0.1) is 24.5 Å². The maximum absolute atomic E-state index is 11.6. The summed E-state index contributed by atoms with van der Waals surface area (Å²) in [6.07, 6.45) is -4.53. The van der Waals surface area contributed by atoms with E-state index in [2.05, 4.69) is 10.1 Å². The molecule has 1 aromatic rings. The van der Waals surface area contributed by atoms with Gasteiger partial charge in [-0.25, -0.2) is 0 Å². The molecule has 0 bridgehead atoms. The monoisotopic (exact) mass is 239 g/mol. The Kier molecular flexibility index (Phi) is 4.56. The van der Waals surface area contributed by atoms with E-state index in [0.29, 0.717) is 0 Å². The van der Waals surface area contributed by atoms with Crippen LogP contribution in [0.5, 0.6) is 0 Å². The van der Waals surface area contributed by atoms with Gasteiger partial charge in [-0.2, -0.15) is 0 Å². The van der Waals surface area contributed by atoms with Crippen molar-refractivity contribution >= 4 is 11.3 Å². The Bertz CT molecular complexity index is 273. The van der Waals surface area contributed by atoms with Gasteiger partial charge in [-0.05, 0) is 18.4 Å². The lowest BCUT2D eigenvalue weighted by Crippen LogP contribution is -2.26. The first-order valence-electron chi connectivity index (χ1n) is 4.46. The van der Waals surface area contributed by atoms with Gasteiger partial charge in [-0.1, -0.05) is 6.07 Å². The first-order chi connectivity index (χ1) is 6.99. The van der Waals surface area contributed by atoms with E-state index in [9.17, 15) is 13.2 Å². The maximum atomic E-state index is 11.6. The van der Waals surface area contributed by atoms with E-state index >= 15 is 0 Å². The van der Waals surface area contributed by atoms with Gasteiger partial charge in [0.15, 0.2) is 0 Å². The minimum atomic E-state index is -4.53. The summed E-state index contributed by atoms with van der Waals surface area (Å²) < 4.78 is 38.5. The molecule has 0 aromatic carbocycles. The normalized spacial score (nSPS) is 14.1. The molecule has 1 heterocycles. The molecule has 0 aliphatic heterocycles. The van der Waals surface area contributed by atoms with Crippen LogP contribution >= 0.6 is 11.3 Å². The summed E-state index contributed by atoms with van der Waals surface area (Å²) in [5.74, 6) is 0. The number of thiophene rings is 1. The molecule has 0 saturated heterocycles. The second-order valence-corrected chi connectivity index (χ2v) is 3.96. The van der Waals surface area contributed by atoms with E-state index in [1.54, 1.807) is 11.3 Å². The molecule has 1 aromatic heterocycles. The largest absolute Gasteiger partial charge is 0.522 e. The number of ether oxygens (including phenoxy) is 1. The number of halogens is 3. The van der Waals surface area contributed by atoms with Crippen LogP contribution in [-0.2, 0) is 4.74 Å². The number of rotatable bonds is 5. The number of hydrogen-bond acceptors (Lipinski definition) is 3. The third-order valence-electron chi connectivity index (χ3n) is 1.79. The van der Waals surface area contributed by atoms with Crippen LogP contribution in [-0.4, -0.2) is 19.5 Å². The second kappa shape index (κ2) is 5.48. The minimum absolute atomic E-state index is 0.0573. The molecule has 6 heteroatoms. The minimum Gasteiger partial charge on any atom is -0.307 e. The van der Waals surface area contributed by atoms with Crippen molar-refractivity contribution in [2.45, 2.75) is 19.3 Å². The van der Waals surface area contributed by atoms with Crippen molar-refractivity contribution in [3.05, 3.63) is 22.4 Å². The Morgan fingerprint density at radius 1 is 1.53 bits per heavy atom. The summed E-state index contributed by atoms with van der Waals surface area (Å²) in [5, 5.41) is 4.87. The maximum Gasteiger partial charge on any atom is 0.522 e. The highest BCUT2D eigenvalue weighted by Crippen LogP contribution is 2.18. The van der Waals surface area contributed by atoms with Crippen LogP contribution in [0.2, 0.25) is 0 Å². The van der Waals surface area contributed by atoms with Crippen LogP contribution in [0.1, 0.15) is 17.8 Å². The highest BCUT2D eigenvalue weighted by molar-refractivity contribution is 7.10. The van der Waals surface area contributed by atoms with Gasteiger partial charge >= 0.3 is 6.36 Å². The third-order valence-corrected chi connectivity index (χ3v) is 2.84. The summed E-state index contributed by atoms with van der Waals surface area (Å²) in [6, 6.07) is 3.90. The molecule has 0 aliphatic rings. The fourth-order valence-electron chi connectivity index (χ4n) is 1.08. The molecule has 2 nitrogen and oxygen atoms in total. The van der Waals surface area contributed by atoms with Gasteiger partial charge in [0, 0.05) is 17.5 Å². The van der Waals surface area contributed by atoms with Gasteiger partial charge in [0.1, 0.15) is 0 Å². The molecular weight excluding hydrogens is 227 g/mol. The standard InChI is InChI=1S/C9H12F3NOS/c1-7(8-3-2-6-15-8)13-4-5-14-9(10,11)12/h2-3,6-7,13H,4-5H2,1H3/t7-/m0/s1. The third kappa shape index (κ3) is 5.15. The molecule has 0 unspecified atom stereocenters. The molecule has 0 aliphatic carbocycles. The predicted molar refractivity (Wildman–Crippen MR) is 52.7 cm³/mol. The molecule has 1 rings (SSSR count). The smallest absolute Gasteiger partial charge is 0.307 e. The first kappa shape index (κ1) is 12.5. The zero-order chi connectivity index (χ0) is 11.3. The topological polar surface area (TPSA) is 21.3 Å². The fourth-order valence-corrected chi connectivity index (χ4v) is 1.84. The Labute approximate surface area is 90.1 Å². The predicted octanol–water partition coefficient (Wildman–Crippen LogP) is 2.94. The number of hydrogen-bond donors (Lipinski definition) is 1. The molecule has 0 saturated carbocycles. The fraction of sp³-hybridized carbons (Fsp3) is 0.556. The lowest BCUT2D eigenvalue weighted by molar-refractivity contribution is -0.323. The van der Waals surface area contributed by atoms with Crippen molar-refractivity contribution in [3.8, 4) is 0 Å². The van der Waals surface area contributed by atoms with E-state index in [1.807, 2.05) is 24.4 Å². The van der Waals surface area contributed by atoms with Crippen molar-refractivity contribution in [1.82, 2.24) is 5.32 Å². The quantitative estimate of drug-likeness (QED) is 0.798. The molecule has 0 radical (unpaired) electrons. The molecular formula is C9H12F3NOS. The summed E-state index contributed by atoms with van der Waals surface area (Å²) in [4.78, 5) is 1.10. The molecule has 1 N–H and O–H groups in total. The van der Waals surface area contributed by atoms with E-state index in [-0.39, 0.29) is 19.2 Å². The summed E-state index contributed by atoms with van der Waals surface area (Å²) >= 11 is 1.57. The SMILES string of the molecule is C[C@H](NCCOC(F)(F)F)c1cccs1. The van der Waals surface area contributed by atoms with Crippen molar-refractivity contribution in [3.63, 3.8) is 0 Å². The van der Waals surface area contributed by atoms with Crippen molar-refractivity contribution in [1.29, 1.82) is 0 Å². The van der Waals surface area contributed by atoms with Gasteiger partial charge in [-0.3, -0.25) is 4.74 Å². The summed E-state index contributed by atoms with van der Waals surface area (Å²) in [6.45, 7) is 1.72. The molecule has 15 heavy (non-hydrogen) atoms. The Morgan fingerprint density at radius 3 is 2.80 bits per heavy atom. The lowest BCUT2D eigenvalue weighted by atomic mass is 10.3. The van der Waals surface area contributed by atoms with Crippen LogP contribution < -0.4 is 5.32 Å². The second-order valence-electron chi connectivity index (χ2n) is 2.99. The van der Waals surface area contributed by atoms with Crippen molar-refractivity contribution in [2.75, 3.05) is 13.2 Å². The molecule has 0 fully saturated rings. The summed E-state index contributed by atoms with van der Waals surface area (Å²) in [5.41, 5.74) is 0. The highest BCUT2D eigenvalue weighted by atomic mass is 32.1. The van der Waals surface area contributed by atoms with E-state index in [1.165, 1.54) is 0 Å². The Hall–Kier alpha value is -0.590. The van der Waals surface area contributed by atoms with Crippen molar-refractivity contribution in [2.24, 2.45) is 0 Å². The van der Waals surface area contributed by atoms with E-state index in [4.69, 9.17) is 0 Å². The summed E-state index contributed by atoms with van der Waals surface area (Å²) in [7, 11) is 0. The van der Waals surface area contributed by atoms with Gasteiger partial charge in [0.25, 0.3) is 0 Å². The lowest BCUT2D eigenvalue weighted by Gasteiger charge is -2.12. The Morgan fingerprint density at radius 2 is 2.27 bits per heavy atom. The first-order valence-corrected chi connectivity index (χ1v) is 5.34. The van der Waals surface area contributed by atoms with Gasteiger partial charge < -0.3 is 5.32 Å². The average molecular weight is 239 g/mol. The highest BCUT2D eigenvalue weighted by Gasteiger charge is 2.28. The van der Waals surface area contributed by atoms with E-state index < -0.39 is 6.36 Å². The van der Waals surface area contributed by atoms with Crippen LogP contribution in [0.4, 0.5) is 13.2 Å². The molecule has 0 spiro atoms. The average Bonchev–Trinajstić information content (AvgIpc) is 2.63. The van der Waals surface area contributed by atoms with Crippen LogP contribution in [0.3, 0.4) is 0 Å². The van der Waals surface area contributed by atoms with Gasteiger partial charge in [0.2, 0.25) is 0 Å². The number of nitrogens with one attached hydrogen (secondary N) is 1. The molecule has 86 valence electrons.